The van der Waals surface area contributed by atoms with E-state index in [4.69, 9.17) is 9.72 Å². The van der Waals surface area contributed by atoms with Crippen LogP contribution in [-0.2, 0) is 4.74 Å². The largest absolute Gasteiger partial charge is 0.372 e. The van der Waals surface area contributed by atoms with Gasteiger partial charge in [-0.1, -0.05) is 18.2 Å². The van der Waals surface area contributed by atoms with Gasteiger partial charge in [0.25, 0.3) is 0 Å². The molecule has 0 radical (unpaired) electrons. The smallest absolute Gasteiger partial charge is 0.225 e. The molecule has 3 aromatic rings. The van der Waals surface area contributed by atoms with E-state index in [1.165, 1.54) is 5.57 Å². The molecule has 0 spiro atoms. The van der Waals surface area contributed by atoms with E-state index in [2.05, 4.69) is 60.2 Å². The number of fused-ring (bicyclic) bond motifs is 1. The number of anilines is 1. The fraction of sp³-hybridized carbons (Fsp3) is 0.333. The van der Waals surface area contributed by atoms with Crippen LogP contribution in [-0.4, -0.2) is 49.8 Å². The first-order valence-corrected chi connectivity index (χ1v) is 10.5. The molecule has 0 amide bonds. The summed E-state index contributed by atoms with van der Waals surface area (Å²) in [6, 6.07) is 1.91. The van der Waals surface area contributed by atoms with E-state index in [1.54, 1.807) is 6.20 Å². The second-order valence-corrected chi connectivity index (χ2v) is 8.11. The average molecular weight is 417 g/mol. The molecule has 4 heterocycles. The van der Waals surface area contributed by atoms with E-state index < -0.39 is 0 Å². The molecule has 1 aliphatic heterocycles. The van der Waals surface area contributed by atoms with Crippen molar-refractivity contribution in [3.63, 3.8) is 0 Å². The molecule has 7 heteroatoms. The summed E-state index contributed by atoms with van der Waals surface area (Å²) < 4.78 is 7.87. The molecule has 0 aliphatic carbocycles. The van der Waals surface area contributed by atoms with Gasteiger partial charge in [-0.25, -0.2) is 15.0 Å². The van der Waals surface area contributed by atoms with Crippen molar-refractivity contribution < 1.29 is 4.74 Å². The molecular weight excluding hydrogens is 388 g/mol. The summed E-state index contributed by atoms with van der Waals surface area (Å²) in [4.78, 5) is 20.6. The number of rotatable bonds is 5. The lowest BCUT2D eigenvalue weighted by molar-refractivity contribution is -0.00571. The van der Waals surface area contributed by atoms with Crippen LogP contribution < -0.4 is 4.90 Å². The Kier molecular flexibility index (Phi) is 5.95. The highest BCUT2D eigenvalue weighted by Gasteiger charge is 2.24. The molecular formula is C24H28N6O. The fourth-order valence-corrected chi connectivity index (χ4v) is 3.81. The average Bonchev–Trinajstić information content (AvgIpc) is 3.13. The minimum atomic E-state index is 0.152. The Bertz CT molecular complexity index is 1130. The molecule has 3 aromatic heterocycles. The first-order valence-electron chi connectivity index (χ1n) is 10.5. The molecule has 2 unspecified atom stereocenters. The Labute approximate surface area is 182 Å². The molecule has 0 N–H and O–H groups in total. The Hall–Kier alpha value is -3.32. The molecule has 0 saturated carbocycles. The first-order chi connectivity index (χ1) is 15.0. The highest BCUT2D eigenvalue weighted by molar-refractivity contribution is 5.86. The molecule has 4 rings (SSSR count). The number of hydrogen-bond acceptors (Lipinski definition) is 6. The quantitative estimate of drug-likeness (QED) is 0.571. The number of ether oxygens (including phenoxy) is 1. The lowest BCUT2D eigenvalue weighted by atomic mass is 10.2. The summed E-state index contributed by atoms with van der Waals surface area (Å²) in [5.41, 5.74) is 4.71. The summed E-state index contributed by atoms with van der Waals surface area (Å²) in [5, 5.41) is 0. The van der Waals surface area contributed by atoms with Crippen LogP contribution >= 0.6 is 0 Å². The van der Waals surface area contributed by atoms with Crippen LogP contribution in [0.5, 0.6) is 0 Å². The molecule has 160 valence electrons. The van der Waals surface area contributed by atoms with Gasteiger partial charge in [-0.2, -0.15) is 0 Å². The maximum atomic E-state index is 5.82. The van der Waals surface area contributed by atoms with Crippen molar-refractivity contribution in [3.05, 3.63) is 61.2 Å². The fourth-order valence-electron chi connectivity index (χ4n) is 3.81. The highest BCUT2D eigenvalue weighted by atomic mass is 16.5. The number of imidazole rings is 1. The van der Waals surface area contributed by atoms with Crippen LogP contribution in [0.3, 0.4) is 0 Å². The number of allylic oxidation sites excluding steroid dienone is 5. The van der Waals surface area contributed by atoms with Gasteiger partial charge in [0, 0.05) is 37.4 Å². The van der Waals surface area contributed by atoms with Crippen LogP contribution in [0.25, 0.3) is 28.1 Å². The molecule has 1 saturated heterocycles. The van der Waals surface area contributed by atoms with Crippen LogP contribution in [0.2, 0.25) is 0 Å². The van der Waals surface area contributed by atoms with Crippen molar-refractivity contribution in [2.24, 2.45) is 0 Å². The Morgan fingerprint density at radius 2 is 1.81 bits per heavy atom. The van der Waals surface area contributed by atoms with Gasteiger partial charge >= 0.3 is 0 Å². The Morgan fingerprint density at radius 1 is 1.10 bits per heavy atom. The van der Waals surface area contributed by atoms with E-state index in [9.17, 15) is 0 Å². The maximum Gasteiger partial charge on any atom is 0.225 e. The summed E-state index contributed by atoms with van der Waals surface area (Å²) >= 11 is 0. The van der Waals surface area contributed by atoms with E-state index in [0.29, 0.717) is 5.95 Å². The number of nitrogens with zero attached hydrogens (tertiary/aromatic N) is 6. The lowest BCUT2D eigenvalue weighted by Crippen LogP contribution is -2.46. The molecule has 2 atom stereocenters. The van der Waals surface area contributed by atoms with Gasteiger partial charge in [0.2, 0.25) is 5.95 Å². The van der Waals surface area contributed by atoms with Gasteiger partial charge in [0.05, 0.1) is 35.0 Å². The van der Waals surface area contributed by atoms with E-state index in [0.717, 1.165) is 41.2 Å². The number of morpholine rings is 1. The Morgan fingerprint density at radius 3 is 2.45 bits per heavy atom. The second kappa shape index (κ2) is 8.81. The zero-order valence-corrected chi connectivity index (χ0v) is 18.5. The van der Waals surface area contributed by atoms with Crippen LogP contribution in [0, 0.1) is 0 Å². The zero-order valence-electron chi connectivity index (χ0n) is 18.5. The number of hydrogen-bond donors (Lipinski definition) is 0. The van der Waals surface area contributed by atoms with Crippen LogP contribution in [0.1, 0.15) is 27.7 Å². The number of pyridine rings is 1. The van der Waals surface area contributed by atoms with Gasteiger partial charge in [-0.3, -0.25) is 9.55 Å². The van der Waals surface area contributed by atoms with Gasteiger partial charge in [0.15, 0.2) is 0 Å². The van der Waals surface area contributed by atoms with Crippen molar-refractivity contribution in [1.82, 2.24) is 24.5 Å². The van der Waals surface area contributed by atoms with Crippen LogP contribution in [0.15, 0.2) is 61.2 Å². The third-order valence-electron chi connectivity index (χ3n) is 5.11. The lowest BCUT2D eigenvalue weighted by Gasteiger charge is -2.35. The van der Waals surface area contributed by atoms with Crippen molar-refractivity contribution in [3.8, 4) is 11.4 Å². The standard InChI is InChI=1S/C24H28N6O/c1-6-20(8-7-16(2)3)30-22-13-25-10-9-21(22)28-23(30)19-11-26-24(27-12-19)29-14-17(4)31-18(5)15-29/h6-13,17-18H,1,14-15H2,2-5H3/b20-8+. The predicted octanol–water partition coefficient (Wildman–Crippen LogP) is 4.50. The zero-order chi connectivity index (χ0) is 22.0. The van der Waals surface area contributed by atoms with Gasteiger partial charge < -0.3 is 9.64 Å². The van der Waals surface area contributed by atoms with E-state index >= 15 is 0 Å². The van der Waals surface area contributed by atoms with Crippen molar-refractivity contribution in [1.29, 1.82) is 0 Å². The highest BCUT2D eigenvalue weighted by Crippen LogP contribution is 2.28. The summed E-state index contributed by atoms with van der Waals surface area (Å²) in [5.74, 6) is 1.46. The number of aromatic nitrogens is 5. The maximum absolute atomic E-state index is 5.82. The minimum Gasteiger partial charge on any atom is -0.372 e. The molecule has 1 aliphatic rings. The van der Waals surface area contributed by atoms with Gasteiger partial charge in [-0.15, -0.1) is 0 Å². The van der Waals surface area contributed by atoms with Crippen molar-refractivity contribution in [2.45, 2.75) is 39.9 Å². The molecule has 7 nitrogen and oxygen atoms in total. The third-order valence-corrected chi connectivity index (χ3v) is 5.11. The monoisotopic (exact) mass is 416 g/mol. The van der Waals surface area contributed by atoms with Crippen LogP contribution in [0.4, 0.5) is 5.95 Å². The molecule has 1 fully saturated rings. The predicted molar refractivity (Wildman–Crippen MR) is 125 cm³/mol. The summed E-state index contributed by atoms with van der Waals surface area (Å²) in [7, 11) is 0. The molecule has 0 bridgehead atoms. The van der Waals surface area contributed by atoms with Gasteiger partial charge in [0.1, 0.15) is 5.82 Å². The third kappa shape index (κ3) is 4.41. The second-order valence-electron chi connectivity index (χ2n) is 8.11. The SMILES string of the molecule is C=C/C(=C\C=C(C)C)n1c(-c2cnc(N3CC(C)OC(C)C3)nc2)nc2ccncc21. The van der Waals surface area contributed by atoms with Gasteiger partial charge in [-0.05, 0) is 45.9 Å². The molecule has 31 heavy (non-hydrogen) atoms. The summed E-state index contributed by atoms with van der Waals surface area (Å²) in [6.07, 6.45) is 13.4. The minimum absolute atomic E-state index is 0.152. The van der Waals surface area contributed by atoms with Crippen molar-refractivity contribution >= 4 is 22.7 Å². The summed E-state index contributed by atoms with van der Waals surface area (Å²) in [6.45, 7) is 13.8. The van der Waals surface area contributed by atoms with E-state index in [1.807, 2.05) is 41.4 Å². The normalized spacial score (nSPS) is 19.5. The van der Waals surface area contributed by atoms with E-state index in [-0.39, 0.29) is 12.2 Å². The molecule has 0 aromatic carbocycles. The van der Waals surface area contributed by atoms with Crippen molar-refractivity contribution in [2.75, 3.05) is 18.0 Å². The topological polar surface area (TPSA) is 69.0 Å². The first kappa shape index (κ1) is 20.9. The Balaban J connectivity index is 1.77.